The molecule has 0 aromatic carbocycles. The van der Waals surface area contributed by atoms with Gasteiger partial charge in [0.1, 0.15) is 0 Å². The number of allylic oxidation sites excluding steroid dienone is 2. The molecule has 0 amide bonds. The molecule has 63 valence electrons. The van der Waals surface area contributed by atoms with Gasteiger partial charge in [0.05, 0.1) is 0 Å². The molecular formula is C9H16OV. The van der Waals surface area contributed by atoms with Gasteiger partial charge in [-0.1, -0.05) is 0 Å². The van der Waals surface area contributed by atoms with E-state index >= 15 is 0 Å². The first-order valence-corrected chi connectivity index (χ1v) is 4.71. The topological polar surface area (TPSA) is 20.2 Å². The van der Waals surface area contributed by atoms with Crippen LogP contribution in [0.2, 0.25) is 0 Å². The third-order valence-corrected chi connectivity index (χ3v) is 2.04. The van der Waals surface area contributed by atoms with E-state index in [9.17, 15) is 5.11 Å². The molecule has 0 atom stereocenters. The molecule has 1 N–H and O–H groups in total. The van der Waals surface area contributed by atoms with E-state index in [1.807, 2.05) is 18.6 Å². The Labute approximate surface area is 78.0 Å². The van der Waals surface area contributed by atoms with Crippen LogP contribution in [0.5, 0.6) is 0 Å². The molecule has 2 heteroatoms. The molecule has 0 radical (unpaired) electrons. The quantitative estimate of drug-likeness (QED) is 0.679. The molecule has 0 saturated heterocycles. The van der Waals surface area contributed by atoms with Crippen molar-refractivity contribution in [1.82, 2.24) is 0 Å². The third kappa shape index (κ3) is 3.26. The Morgan fingerprint density at radius 1 is 1.18 bits per heavy atom. The van der Waals surface area contributed by atoms with Crippen molar-refractivity contribution in [3.63, 3.8) is 0 Å². The molecule has 0 unspecified atom stereocenters. The average Bonchev–Trinajstić information content (AvgIpc) is 1.88. The predicted octanol–water partition coefficient (Wildman–Crippen LogP) is 2.46. The number of rotatable bonds is 3. The van der Waals surface area contributed by atoms with E-state index in [1.165, 1.54) is 0 Å². The van der Waals surface area contributed by atoms with Crippen LogP contribution in [0.25, 0.3) is 0 Å². The van der Waals surface area contributed by atoms with Crippen molar-refractivity contribution in [2.24, 2.45) is 11.8 Å². The zero-order chi connectivity index (χ0) is 9.02. The fourth-order valence-electron chi connectivity index (χ4n) is 0.844. The summed E-state index contributed by atoms with van der Waals surface area (Å²) in [7, 11) is 0. The molecule has 0 spiro atoms. The predicted molar refractivity (Wildman–Crippen MR) is 45.4 cm³/mol. The molecule has 11 heavy (non-hydrogen) atoms. The van der Waals surface area contributed by atoms with E-state index < -0.39 is 0 Å². The minimum absolute atomic E-state index is 0.229. The fourth-order valence-corrected chi connectivity index (χ4v) is 1.52. The average molecular weight is 191 g/mol. The van der Waals surface area contributed by atoms with Crippen LogP contribution in [0.4, 0.5) is 0 Å². The molecule has 0 saturated carbocycles. The summed E-state index contributed by atoms with van der Waals surface area (Å²) in [4.78, 5) is 0. The Bertz CT molecular complexity index is 168. The van der Waals surface area contributed by atoms with E-state index in [1.54, 1.807) is 0 Å². The third-order valence-electron chi connectivity index (χ3n) is 1.60. The summed E-state index contributed by atoms with van der Waals surface area (Å²) in [5.41, 5.74) is 1.04. The summed E-state index contributed by atoms with van der Waals surface area (Å²) >= 11 is 2.39. The Kier molecular flexibility index (Phi) is 4.79. The summed E-state index contributed by atoms with van der Waals surface area (Å²) in [5, 5.41) is 9.60. The first-order valence-electron chi connectivity index (χ1n) is 3.91. The SMILES string of the molecule is CC(C)/C(O)=C(/[CH]=[V])C(C)C. The fraction of sp³-hybridized carbons (Fsp3) is 0.667. The molecule has 0 aliphatic rings. The van der Waals surface area contributed by atoms with E-state index in [2.05, 4.69) is 30.8 Å². The van der Waals surface area contributed by atoms with Crippen molar-refractivity contribution < 1.29 is 22.1 Å². The van der Waals surface area contributed by atoms with Crippen molar-refractivity contribution >= 4 is 4.73 Å². The maximum atomic E-state index is 9.60. The van der Waals surface area contributed by atoms with Gasteiger partial charge in [-0.15, -0.1) is 0 Å². The van der Waals surface area contributed by atoms with Gasteiger partial charge in [-0.25, -0.2) is 0 Å². The van der Waals surface area contributed by atoms with Gasteiger partial charge in [-0.3, -0.25) is 0 Å². The van der Waals surface area contributed by atoms with E-state index in [4.69, 9.17) is 0 Å². The summed E-state index contributed by atoms with van der Waals surface area (Å²) in [6.07, 6.45) is 0. The Morgan fingerprint density at radius 2 is 1.64 bits per heavy atom. The monoisotopic (exact) mass is 191 g/mol. The number of aliphatic hydroxyl groups is 1. The van der Waals surface area contributed by atoms with Crippen LogP contribution in [0, 0.1) is 11.8 Å². The standard InChI is InChI=1S/C9H16O.V/c1-6(2)8(5)9(10)7(3)4;/h5-7,10H,1-4H3;/b9-8+;. The molecule has 1 nitrogen and oxygen atoms in total. The molecule has 0 aliphatic heterocycles. The summed E-state index contributed by atoms with van der Waals surface area (Å²) < 4.78 is 1.92. The van der Waals surface area contributed by atoms with Crippen molar-refractivity contribution in [3.8, 4) is 0 Å². The van der Waals surface area contributed by atoms with Crippen molar-refractivity contribution in [2.45, 2.75) is 27.7 Å². The second kappa shape index (κ2) is 4.79. The number of hydrogen-bond donors (Lipinski definition) is 1. The molecule has 0 heterocycles. The summed E-state index contributed by atoms with van der Waals surface area (Å²) in [6, 6.07) is 0. The van der Waals surface area contributed by atoms with Crippen LogP contribution in [-0.4, -0.2) is 9.84 Å². The first-order chi connectivity index (χ1) is 5.00. The Hall–Kier alpha value is -0.00558. The van der Waals surface area contributed by atoms with Gasteiger partial charge in [0.15, 0.2) is 0 Å². The normalized spacial score (nSPS) is 13.5. The summed E-state index contributed by atoms with van der Waals surface area (Å²) in [6.45, 7) is 8.15. The van der Waals surface area contributed by atoms with Crippen LogP contribution < -0.4 is 0 Å². The van der Waals surface area contributed by atoms with Gasteiger partial charge in [0.25, 0.3) is 0 Å². The Balaban J connectivity index is 4.68. The van der Waals surface area contributed by atoms with E-state index in [0.717, 1.165) is 5.57 Å². The maximum absolute atomic E-state index is 9.60. The molecule has 0 bridgehead atoms. The molecule has 0 aromatic heterocycles. The van der Waals surface area contributed by atoms with Gasteiger partial charge < -0.3 is 0 Å². The number of aliphatic hydroxyl groups excluding tert-OH is 1. The molecule has 0 rings (SSSR count). The van der Waals surface area contributed by atoms with Crippen LogP contribution in [-0.2, 0) is 17.0 Å². The van der Waals surface area contributed by atoms with Gasteiger partial charge in [-0.2, -0.15) is 0 Å². The van der Waals surface area contributed by atoms with Gasteiger partial charge >= 0.3 is 77.7 Å². The molecular weight excluding hydrogens is 175 g/mol. The van der Waals surface area contributed by atoms with Gasteiger partial charge in [0.2, 0.25) is 0 Å². The summed E-state index contributed by atoms with van der Waals surface area (Å²) in [5.74, 6) is 1.15. The van der Waals surface area contributed by atoms with Crippen LogP contribution in [0.1, 0.15) is 27.7 Å². The molecule has 0 aromatic rings. The zero-order valence-electron chi connectivity index (χ0n) is 7.63. The number of hydrogen-bond acceptors (Lipinski definition) is 1. The van der Waals surface area contributed by atoms with Crippen LogP contribution in [0.15, 0.2) is 11.3 Å². The second-order valence-corrected chi connectivity index (χ2v) is 3.68. The van der Waals surface area contributed by atoms with Gasteiger partial charge in [0, 0.05) is 0 Å². The van der Waals surface area contributed by atoms with E-state index in [0.29, 0.717) is 11.7 Å². The van der Waals surface area contributed by atoms with Crippen molar-refractivity contribution in [1.29, 1.82) is 0 Å². The Morgan fingerprint density at radius 3 is 1.73 bits per heavy atom. The molecule has 0 fully saturated rings. The second-order valence-electron chi connectivity index (χ2n) is 3.28. The van der Waals surface area contributed by atoms with Crippen molar-refractivity contribution in [2.75, 3.05) is 0 Å². The van der Waals surface area contributed by atoms with E-state index in [-0.39, 0.29) is 5.92 Å². The molecule has 0 aliphatic carbocycles. The minimum atomic E-state index is 0.229. The van der Waals surface area contributed by atoms with Crippen molar-refractivity contribution in [3.05, 3.63) is 11.3 Å². The zero-order valence-corrected chi connectivity index (χ0v) is 9.02. The first kappa shape index (κ1) is 11.0. The van der Waals surface area contributed by atoms with Crippen LogP contribution >= 0.6 is 0 Å². The van der Waals surface area contributed by atoms with Gasteiger partial charge in [-0.05, 0) is 0 Å². The van der Waals surface area contributed by atoms with Crippen LogP contribution in [0.3, 0.4) is 0 Å².